The van der Waals surface area contributed by atoms with Gasteiger partial charge in [0.1, 0.15) is 11.8 Å². The minimum atomic E-state index is -1.07. The lowest BCUT2D eigenvalue weighted by molar-refractivity contribution is -0.142. The van der Waals surface area contributed by atoms with Crippen LogP contribution < -0.4 is 5.32 Å². The first-order valence-electron chi connectivity index (χ1n) is 7.32. The molecule has 0 radical (unpaired) electrons. The Morgan fingerprint density at radius 3 is 2.27 bits per heavy atom. The highest BCUT2D eigenvalue weighted by Gasteiger charge is 2.26. The van der Waals surface area contributed by atoms with E-state index in [9.17, 15) is 19.8 Å². The summed E-state index contributed by atoms with van der Waals surface area (Å²) in [4.78, 5) is 25.4. The second kappa shape index (κ2) is 8.38. The normalized spacial score (nSPS) is 13.6. The first kappa shape index (κ1) is 18.0. The number of amides is 1. The summed E-state index contributed by atoms with van der Waals surface area (Å²) in [6, 6.07) is 4.95. The second-order valence-electron chi connectivity index (χ2n) is 5.54. The highest BCUT2D eigenvalue weighted by molar-refractivity contribution is 5.87. The van der Waals surface area contributed by atoms with E-state index in [1.54, 1.807) is 31.1 Å². The molecule has 0 saturated carbocycles. The van der Waals surface area contributed by atoms with Gasteiger partial charge in [-0.1, -0.05) is 25.5 Å². The third kappa shape index (κ3) is 5.37. The van der Waals surface area contributed by atoms with E-state index in [4.69, 9.17) is 0 Å². The van der Waals surface area contributed by atoms with Gasteiger partial charge in [-0.15, -0.1) is 0 Å². The molecule has 1 rings (SSSR count). The highest BCUT2D eigenvalue weighted by atomic mass is 16.4. The molecule has 0 bridgehead atoms. The average Bonchev–Trinajstić information content (AvgIpc) is 2.45. The Hall–Kier alpha value is -2.08. The lowest BCUT2D eigenvalue weighted by Gasteiger charge is -2.25. The van der Waals surface area contributed by atoms with Crippen molar-refractivity contribution < 1.29 is 19.8 Å². The summed E-state index contributed by atoms with van der Waals surface area (Å²) in [5, 5.41) is 21.2. The van der Waals surface area contributed by atoms with Gasteiger partial charge in [-0.3, -0.25) is 9.69 Å². The van der Waals surface area contributed by atoms with Crippen LogP contribution in [0.15, 0.2) is 24.3 Å². The maximum Gasteiger partial charge on any atom is 0.326 e. The van der Waals surface area contributed by atoms with Gasteiger partial charge in [0.05, 0.1) is 6.04 Å². The quantitative estimate of drug-likeness (QED) is 0.672. The number of hydrogen-bond acceptors (Lipinski definition) is 4. The Kier molecular flexibility index (Phi) is 6.85. The molecule has 0 aliphatic carbocycles. The molecule has 22 heavy (non-hydrogen) atoms. The second-order valence-corrected chi connectivity index (χ2v) is 5.54. The molecule has 1 aromatic rings. The zero-order valence-electron chi connectivity index (χ0n) is 13.2. The number of carboxylic acid groups (broad SMARTS) is 1. The van der Waals surface area contributed by atoms with E-state index in [2.05, 4.69) is 5.32 Å². The van der Waals surface area contributed by atoms with Crippen molar-refractivity contribution in [2.75, 3.05) is 14.1 Å². The largest absolute Gasteiger partial charge is 0.508 e. The summed E-state index contributed by atoms with van der Waals surface area (Å²) in [6.45, 7) is 1.98. The van der Waals surface area contributed by atoms with Gasteiger partial charge in [0.15, 0.2) is 0 Å². The SMILES string of the molecule is CCCC(C(=O)NC(Cc1ccc(O)cc1)C(=O)O)N(C)C. The van der Waals surface area contributed by atoms with Crippen molar-refractivity contribution in [2.45, 2.75) is 38.3 Å². The number of carbonyl (C=O) groups excluding carboxylic acids is 1. The Morgan fingerprint density at radius 2 is 1.82 bits per heavy atom. The minimum Gasteiger partial charge on any atom is -0.508 e. The van der Waals surface area contributed by atoms with Crippen molar-refractivity contribution in [1.82, 2.24) is 10.2 Å². The Balaban J connectivity index is 2.77. The zero-order valence-corrected chi connectivity index (χ0v) is 13.2. The summed E-state index contributed by atoms with van der Waals surface area (Å²) >= 11 is 0. The number of aliphatic carboxylic acids is 1. The number of rotatable bonds is 8. The predicted octanol–water partition coefficient (Wildman–Crippen LogP) is 1.23. The number of benzene rings is 1. The number of phenols is 1. The molecular formula is C16H24N2O4. The maximum atomic E-state index is 12.3. The van der Waals surface area contributed by atoms with E-state index in [0.717, 1.165) is 12.0 Å². The van der Waals surface area contributed by atoms with Crippen LogP contribution in [0.2, 0.25) is 0 Å². The van der Waals surface area contributed by atoms with Crippen molar-refractivity contribution in [1.29, 1.82) is 0 Å². The molecule has 0 spiro atoms. The number of likely N-dealkylation sites (N-methyl/N-ethyl adjacent to an activating group) is 1. The van der Waals surface area contributed by atoms with Crippen molar-refractivity contribution in [3.63, 3.8) is 0 Å². The average molecular weight is 308 g/mol. The zero-order chi connectivity index (χ0) is 16.7. The number of aromatic hydroxyl groups is 1. The fourth-order valence-corrected chi connectivity index (χ4v) is 2.23. The van der Waals surface area contributed by atoms with Gasteiger partial charge in [0.25, 0.3) is 0 Å². The molecule has 1 amide bonds. The van der Waals surface area contributed by atoms with Gasteiger partial charge in [-0.2, -0.15) is 0 Å². The Morgan fingerprint density at radius 1 is 1.23 bits per heavy atom. The topological polar surface area (TPSA) is 89.9 Å². The molecule has 0 aromatic heterocycles. The molecule has 0 aliphatic heterocycles. The van der Waals surface area contributed by atoms with E-state index >= 15 is 0 Å². The van der Waals surface area contributed by atoms with Gasteiger partial charge >= 0.3 is 5.97 Å². The van der Waals surface area contributed by atoms with E-state index in [1.165, 1.54) is 12.1 Å². The van der Waals surface area contributed by atoms with Crippen molar-refractivity contribution >= 4 is 11.9 Å². The lowest BCUT2D eigenvalue weighted by Crippen LogP contribution is -2.50. The summed E-state index contributed by atoms with van der Waals surface area (Å²) in [5.41, 5.74) is 0.738. The van der Waals surface area contributed by atoms with Crippen molar-refractivity contribution in [3.05, 3.63) is 29.8 Å². The molecule has 0 fully saturated rings. The minimum absolute atomic E-state index is 0.121. The molecule has 2 unspecified atom stereocenters. The van der Waals surface area contributed by atoms with Gasteiger partial charge in [0, 0.05) is 6.42 Å². The molecule has 6 heteroatoms. The van der Waals surface area contributed by atoms with Gasteiger partial charge < -0.3 is 15.5 Å². The molecule has 1 aromatic carbocycles. The molecule has 2 atom stereocenters. The summed E-state index contributed by atoms with van der Waals surface area (Å²) < 4.78 is 0. The summed E-state index contributed by atoms with van der Waals surface area (Å²) in [7, 11) is 3.60. The third-order valence-corrected chi connectivity index (χ3v) is 3.48. The maximum absolute atomic E-state index is 12.3. The van der Waals surface area contributed by atoms with Crippen LogP contribution >= 0.6 is 0 Å². The third-order valence-electron chi connectivity index (χ3n) is 3.48. The fraction of sp³-hybridized carbons (Fsp3) is 0.500. The summed E-state index contributed by atoms with van der Waals surface area (Å²) in [6.07, 6.45) is 1.68. The van der Waals surface area contributed by atoms with E-state index in [0.29, 0.717) is 6.42 Å². The molecule has 3 N–H and O–H groups in total. The fourth-order valence-electron chi connectivity index (χ4n) is 2.23. The number of carbonyl (C=O) groups is 2. The first-order valence-corrected chi connectivity index (χ1v) is 7.32. The van der Waals surface area contributed by atoms with Crippen molar-refractivity contribution in [3.8, 4) is 5.75 Å². The Bertz CT molecular complexity index is 499. The molecule has 0 aliphatic rings. The van der Waals surface area contributed by atoms with Crippen LogP contribution in [0.4, 0.5) is 0 Å². The van der Waals surface area contributed by atoms with Gasteiger partial charge in [0.2, 0.25) is 5.91 Å². The molecule has 122 valence electrons. The number of phenolic OH excluding ortho intramolecular Hbond substituents is 1. The van der Waals surface area contributed by atoms with Crippen LogP contribution in [0, 0.1) is 0 Å². The Labute approximate surface area is 130 Å². The van der Waals surface area contributed by atoms with E-state index < -0.39 is 12.0 Å². The van der Waals surface area contributed by atoms with Crippen LogP contribution in [0.1, 0.15) is 25.3 Å². The number of carboxylic acids is 1. The first-order chi connectivity index (χ1) is 10.3. The van der Waals surface area contributed by atoms with Crippen LogP contribution in [0.3, 0.4) is 0 Å². The van der Waals surface area contributed by atoms with E-state index in [1.807, 2.05) is 6.92 Å². The smallest absolute Gasteiger partial charge is 0.326 e. The molecule has 0 saturated heterocycles. The van der Waals surface area contributed by atoms with Crippen LogP contribution in [0.5, 0.6) is 5.75 Å². The van der Waals surface area contributed by atoms with E-state index in [-0.39, 0.29) is 24.1 Å². The predicted molar refractivity (Wildman–Crippen MR) is 83.8 cm³/mol. The highest BCUT2D eigenvalue weighted by Crippen LogP contribution is 2.12. The van der Waals surface area contributed by atoms with Crippen LogP contribution in [-0.2, 0) is 16.0 Å². The van der Waals surface area contributed by atoms with Gasteiger partial charge in [-0.05, 0) is 38.2 Å². The molecular weight excluding hydrogens is 284 g/mol. The molecule has 0 heterocycles. The van der Waals surface area contributed by atoms with Crippen molar-refractivity contribution in [2.24, 2.45) is 0 Å². The molecule has 6 nitrogen and oxygen atoms in total. The number of nitrogens with one attached hydrogen (secondary N) is 1. The van der Waals surface area contributed by atoms with Crippen LogP contribution in [0.25, 0.3) is 0 Å². The standard InChI is InChI=1S/C16H24N2O4/c1-4-5-14(18(2)3)15(20)17-13(16(21)22)10-11-6-8-12(19)9-7-11/h6-9,13-14,19H,4-5,10H2,1-3H3,(H,17,20)(H,21,22). The summed E-state index contributed by atoms with van der Waals surface area (Å²) in [5.74, 6) is -1.23. The lowest BCUT2D eigenvalue weighted by atomic mass is 10.0. The van der Waals surface area contributed by atoms with Gasteiger partial charge in [-0.25, -0.2) is 4.79 Å². The monoisotopic (exact) mass is 308 g/mol. The number of nitrogens with zero attached hydrogens (tertiary/aromatic N) is 1. The number of hydrogen-bond donors (Lipinski definition) is 3. The van der Waals surface area contributed by atoms with Crippen LogP contribution in [-0.4, -0.2) is 53.2 Å².